The predicted molar refractivity (Wildman–Crippen MR) is 252 cm³/mol. The Labute approximate surface area is 471 Å². The summed E-state index contributed by atoms with van der Waals surface area (Å²) in [4.78, 5) is 24.5. The number of carbonyl (C=O) groups is 2. The van der Waals surface area contributed by atoms with Crippen LogP contribution in [-0.2, 0) is 19.7 Å². The van der Waals surface area contributed by atoms with E-state index >= 15 is 0 Å². The average molecular weight is 948 g/mol. The van der Waals surface area contributed by atoms with Crippen LogP contribution in [0.15, 0.2) is 0 Å². The third kappa shape index (κ3) is 42.2. The fourth-order valence-corrected chi connectivity index (χ4v) is 10.6. The van der Waals surface area contributed by atoms with Crippen molar-refractivity contribution in [3.63, 3.8) is 0 Å². The van der Waals surface area contributed by atoms with Crippen molar-refractivity contribution >= 4 is 22.1 Å². The maximum atomic E-state index is 12.5. The van der Waals surface area contributed by atoms with Crippen molar-refractivity contribution in [2.75, 3.05) is 0 Å². The Bertz CT molecular complexity index is 1010. The van der Waals surface area contributed by atoms with Crippen LogP contribution in [0.4, 0.5) is 0 Å². The summed E-state index contributed by atoms with van der Waals surface area (Å²) in [5, 5.41) is 22.0. The largest absolute Gasteiger partial charge is 1.00 e. The van der Waals surface area contributed by atoms with Crippen LogP contribution >= 0.6 is 0 Å². The fraction of sp³-hybridized carbons (Fsp3) is 0.962. The molecular formula is C52H100K2O7S. The number of carboxylic acids is 2. The van der Waals surface area contributed by atoms with Gasteiger partial charge in [0.25, 0.3) is 10.1 Å². The van der Waals surface area contributed by atoms with Crippen LogP contribution in [0.3, 0.4) is 0 Å². The molecule has 1 atom stereocenters. The smallest absolute Gasteiger partial charge is 0.549 e. The number of carbonyl (C=O) groups excluding carboxylic acids is 2. The Kier molecular flexibility index (Phi) is 56.2. The van der Waals surface area contributed by atoms with E-state index in [1.165, 1.54) is 218 Å². The minimum Gasteiger partial charge on any atom is -0.549 e. The third-order valence-corrected chi connectivity index (χ3v) is 14.6. The molecule has 0 aromatic rings. The van der Waals surface area contributed by atoms with Gasteiger partial charge in [-0.1, -0.05) is 296 Å². The molecule has 62 heavy (non-hydrogen) atoms. The zero-order valence-corrected chi connectivity index (χ0v) is 49.0. The number of aliphatic carboxylic acids is 2. The topological polar surface area (TPSA) is 135 Å². The quantitative estimate of drug-likeness (QED) is 0.0367. The predicted octanol–water partition coefficient (Wildman–Crippen LogP) is 8.72. The number of hydrogen-bond donors (Lipinski definition) is 1. The number of unbranched alkanes of at least 4 members (excludes halogenated alkanes) is 42. The Morgan fingerprint density at radius 3 is 0.661 bits per heavy atom. The molecule has 1 N–H and O–H groups in total. The van der Waals surface area contributed by atoms with E-state index in [9.17, 15) is 32.8 Å². The van der Waals surface area contributed by atoms with E-state index in [4.69, 9.17) is 0 Å². The van der Waals surface area contributed by atoms with Crippen LogP contribution in [0.1, 0.15) is 309 Å². The normalized spacial score (nSPS) is 12.2. The van der Waals surface area contributed by atoms with Gasteiger partial charge in [-0.2, -0.15) is 8.42 Å². The summed E-state index contributed by atoms with van der Waals surface area (Å²) >= 11 is 0. The molecule has 7 nitrogen and oxygen atoms in total. The maximum Gasteiger partial charge on any atom is 1.00 e. The van der Waals surface area contributed by atoms with Crippen molar-refractivity contribution in [3.8, 4) is 0 Å². The van der Waals surface area contributed by atoms with Crippen LogP contribution < -0.4 is 113 Å². The van der Waals surface area contributed by atoms with Crippen LogP contribution in [0.5, 0.6) is 0 Å². The maximum absolute atomic E-state index is 12.5. The third-order valence-electron chi connectivity index (χ3n) is 13.4. The molecule has 0 spiro atoms. The van der Waals surface area contributed by atoms with E-state index in [0.29, 0.717) is 25.7 Å². The first-order valence-electron chi connectivity index (χ1n) is 26.5. The molecule has 0 saturated heterocycles. The minimum absolute atomic E-state index is 0. The van der Waals surface area contributed by atoms with Gasteiger partial charge in [0, 0.05) is 11.4 Å². The van der Waals surface area contributed by atoms with E-state index in [1.807, 2.05) is 0 Å². The first-order chi connectivity index (χ1) is 29.1. The van der Waals surface area contributed by atoms with Gasteiger partial charge >= 0.3 is 103 Å². The van der Waals surface area contributed by atoms with Crippen LogP contribution in [0.25, 0.3) is 0 Å². The fourth-order valence-electron chi connectivity index (χ4n) is 9.43. The summed E-state index contributed by atoms with van der Waals surface area (Å²) in [6.45, 7) is 4.54. The first-order valence-corrected chi connectivity index (χ1v) is 28.0. The molecule has 358 valence electrons. The van der Waals surface area contributed by atoms with Crippen molar-refractivity contribution in [1.29, 1.82) is 0 Å². The van der Waals surface area contributed by atoms with Crippen molar-refractivity contribution in [3.05, 3.63) is 0 Å². The second-order valence-electron chi connectivity index (χ2n) is 19.0. The zero-order valence-electron chi connectivity index (χ0n) is 41.9. The SMILES string of the molecule is CCCCCCCCCCCCCCCCCCCCCCCCC(CCCCCCCCCCCCCCCCCCCCCCCC)(C(=O)[O-])C(C(=O)[O-])S(=O)(=O)O.[K+].[K+]. The summed E-state index contributed by atoms with van der Waals surface area (Å²) in [7, 11) is -5.20. The molecule has 0 aromatic heterocycles. The zero-order chi connectivity index (χ0) is 44.3. The van der Waals surface area contributed by atoms with Gasteiger partial charge in [-0.05, 0) is 12.8 Å². The van der Waals surface area contributed by atoms with Crippen LogP contribution in [0.2, 0.25) is 0 Å². The van der Waals surface area contributed by atoms with E-state index in [2.05, 4.69) is 13.8 Å². The molecule has 0 rings (SSSR count). The number of hydrogen-bond acceptors (Lipinski definition) is 6. The summed E-state index contributed by atoms with van der Waals surface area (Å²) in [5.74, 6) is -3.79. The van der Waals surface area contributed by atoms with Crippen LogP contribution in [0, 0.1) is 5.41 Å². The van der Waals surface area contributed by atoms with Gasteiger partial charge in [0.2, 0.25) is 0 Å². The molecule has 0 aliphatic carbocycles. The summed E-state index contributed by atoms with van der Waals surface area (Å²) < 4.78 is 34.3. The molecule has 0 saturated carbocycles. The van der Waals surface area contributed by atoms with Gasteiger partial charge in [0.1, 0.15) is 5.25 Å². The molecular weight excluding hydrogens is 847 g/mol. The molecule has 0 amide bonds. The Morgan fingerprint density at radius 1 is 0.371 bits per heavy atom. The Morgan fingerprint density at radius 2 is 0.532 bits per heavy atom. The first kappa shape index (κ1) is 68.4. The van der Waals surface area contributed by atoms with Crippen molar-refractivity contribution in [2.45, 2.75) is 314 Å². The van der Waals surface area contributed by atoms with Gasteiger partial charge in [0.05, 0.1) is 5.97 Å². The molecule has 0 radical (unpaired) electrons. The number of rotatable bonds is 50. The average Bonchev–Trinajstić information content (AvgIpc) is 3.20. The standard InChI is InChI=1S/C52H102O7S.2K/c1-3-5-7-9-11-13-15-17-19-21-23-25-27-29-31-33-35-37-39-41-43-45-47-52(51(55)56,49(50(53)54)60(57,58)59)48-46-44-42-40-38-36-34-32-30-28-26-24-22-20-18-16-14-12-10-8-6-4-2;;/h49H,3-48H2,1-2H3,(H,53,54)(H,55,56)(H,57,58,59);;/q;2*+1/p-2. The molecule has 0 heterocycles. The molecule has 0 aliphatic heterocycles. The van der Waals surface area contributed by atoms with Gasteiger partial charge in [-0.15, -0.1) is 0 Å². The molecule has 0 fully saturated rings. The van der Waals surface area contributed by atoms with E-state index < -0.39 is 32.7 Å². The van der Waals surface area contributed by atoms with Gasteiger partial charge in [0.15, 0.2) is 0 Å². The van der Waals surface area contributed by atoms with Crippen molar-refractivity contribution in [2.24, 2.45) is 5.41 Å². The minimum atomic E-state index is -5.20. The molecule has 0 aromatic carbocycles. The summed E-state index contributed by atoms with van der Waals surface area (Å²) in [6.07, 6.45) is 53.7. The van der Waals surface area contributed by atoms with Crippen molar-refractivity contribution < 1.29 is 136 Å². The second-order valence-corrected chi connectivity index (χ2v) is 20.5. The second kappa shape index (κ2) is 51.0. The number of carboxylic acid groups (broad SMARTS) is 2. The molecule has 0 bridgehead atoms. The van der Waals surface area contributed by atoms with Gasteiger partial charge < -0.3 is 19.8 Å². The molecule has 10 heteroatoms. The Hall–Kier alpha value is 2.12. The van der Waals surface area contributed by atoms with Gasteiger partial charge in [-0.25, -0.2) is 0 Å². The summed E-state index contributed by atoms with van der Waals surface area (Å²) in [6, 6.07) is 0. The Balaban J connectivity index is -0.0000174. The molecule has 0 aliphatic rings. The van der Waals surface area contributed by atoms with Crippen molar-refractivity contribution in [1.82, 2.24) is 0 Å². The van der Waals surface area contributed by atoms with Crippen LogP contribution in [-0.4, -0.2) is 30.2 Å². The molecule has 1 unspecified atom stereocenters. The van der Waals surface area contributed by atoms with E-state index in [-0.39, 0.29) is 116 Å². The van der Waals surface area contributed by atoms with Gasteiger partial charge in [-0.3, -0.25) is 4.55 Å². The van der Waals surface area contributed by atoms with E-state index in [0.717, 1.165) is 38.5 Å². The monoisotopic (exact) mass is 947 g/mol. The van der Waals surface area contributed by atoms with E-state index in [1.54, 1.807) is 0 Å². The summed E-state index contributed by atoms with van der Waals surface area (Å²) in [5.41, 5.74) is -2.20.